The highest BCUT2D eigenvalue weighted by atomic mass is 16.6. The van der Waals surface area contributed by atoms with Crippen molar-refractivity contribution >= 4 is 6.09 Å². The van der Waals surface area contributed by atoms with Gasteiger partial charge in [0, 0.05) is 0 Å². The molecule has 1 saturated heterocycles. The summed E-state index contributed by atoms with van der Waals surface area (Å²) in [4.78, 5) is 13.8. The van der Waals surface area contributed by atoms with E-state index in [1.165, 1.54) is 0 Å². The van der Waals surface area contributed by atoms with E-state index >= 15 is 0 Å². The van der Waals surface area contributed by atoms with Gasteiger partial charge in [-0.3, -0.25) is 4.90 Å². The first kappa shape index (κ1) is 12.2. The van der Waals surface area contributed by atoms with Crippen molar-refractivity contribution in [2.75, 3.05) is 13.2 Å². The van der Waals surface area contributed by atoms with Crippen LogP contribution in [-0.4, -0.2) is 36.4 Å². The molecule has 0 N–H and O–H groups in total. The fourth-order valence-electron chi connectivity index (χ4n) is 2.69. The minimum Gasteiger partial charge on any atom is -0.447 e. The van der Waals surface area contributed by atoms with E-state index in [-0.39, 0.29) is 24.3 Å². The topological polar surface area (TPSA) is 38.8 Å². The molecule has 0 saturated carbocycles. The van der Waals surface area contributed by atoms with Crippen molar-refractivity contribution in [3.8, 4) is 0 Å². The fourth-order valence-corrected chi connectivity index (χ4v) is 2.69. The Hall–Kier alpha value is -1.81. The summed E-state index contributed by atoms with van der Waals surface area (Å²) >= 11 is 0. The van der Waals surface area contributed by atoms with E-state index in [1.54, 1.807) is 4.90 Å². The van der Waals surface area contributed by atoms with Crippen LogP contribution in [0.25, 0.3) is 0 Å². The van der Waals surface area contributed by atoms with Gasteiger partial charge in [0.15, 0.2) is 0 Å². The number of hydrogen-bond acceptors (Lipinski definition) is 3. The highest BCUT2D eigenvalue weighted by molar-refractivity contribution is 5.71. The van der Waals surface area contributed by atoms with Crippen molar-refractivity contribution in [1.29, 1.82) is 0 Å². The second-order valence-corrected chi connectivity index (χ2v) is 4.86. The minimum atomic E-state index is -0.259. The number of cyclic esters (lactones) is 1. The summed E-state index contributed by atoms with van der Waals surface area (Å²) in [5.74, 6) is 0. The van der Waals surface area contributed by atoms with Gasteiger partial charge in [0.05, 0.1) is 24.8 Å². The third kappa shape index (κ3) is 2.24. The van der Waals surface area contributed by atoms with Crippen molar-refractivity contribution in [2.45, 2.75) is 25.1 Å². The average molecular weight is 259 g/mol. The lowest BCUT2D eigenvalue weighted by molar-refractivity contribution is 0.0567. The summed E-state index contributed by atoms with van der Waals surface area (Å²) in [5, 5.41) is 0. The molecule has 2 heterocycles. The van der Waals surface area contributed by atoms with Crippen LogP contribution >= 0.6 is 0 Å². The normalized spacial score (nSPS) is 27.6. The summed E-state index contributed by atoms with van der Waals surface area (Å²) in [6, 6.07) is 9.93. The molecule has 1 amide bonds. The molecule has 0 bridgehead atoms. The van der Waals surface area contributed by atoms with Gasteiger partial charge in [-0.2, -0.15) is 0 Å². The van der Waals surface area contributed by atoms with Gasteiger partial charge in [0.25, 0.3) is 0 Å². The first-order chi connectivity index (χ1) is 9.27. The largest absolute Gasteiger partial charge is 0.447 e. The first-order valence-electron chi connectivity index (χ1n) is 6.55. The summed E-state index contributed by atoms with van der Waals surface area (Å²) in [6.07, 6.45) is 3.68. The predicted octanol–water partition coefficient (Wildman–Crippen LogP) is 2.52. The van der Waals surface area contributed by atoms with E-state index in [2.05, 4.69) is 0 Å². The lowest BCUT2D eigenvalue weighted by atomic mass is 10.0. The number of benzene rings is 1. The number of carbonyl (C=O) groups excluding carboxylic acids is 1. The Labute approximate surface area is 112 Å². The maximum atomic E-state index is 12.0. The SMILES string of the molecule is CC(c1ccccc1)N1C(=O)OCC1C1C=CCO1. The van der Waals surface area contributed by atoms with Crippen LogP contribution in [0, 0.1) is 0 Å². The third-order valence-corrected chi connectivity index (χ3v) is 3.73. The number of amides is 1. The van der Waals surface area contributed by atoms with Crippen LogP contribution in [0.2, 0.25) is 0 Å². The smallest absolute Gasteiger partial charge is 0.410 e. The third-order valence-electron chi connectivity index (χ3n) is 3.73. The van der Waals surface area contributed by atoms with Gasteiger partial charge in [-0.1, -0.05) is 42.5 Å². The van der Waals surface area contributed by atoms with Gasteiger partial charge in [-0.15, -0.1) is 0 Å². The molecule has 3 unspecified atom stereocenters. The number of nitrogens with zero attached hydrogens (tertiary/aromatic N) is 1. The average Bonchev–Trinajstić information content (AvgIpc) is 3.08. The zero-order valence-electron chi connectivity index (χ0n) is 10.9. The molecule has 19 heavy (non-hydrogen) atoms. The molecule has 0 radical (unpaired) electrons. The Morgan fingerprint density at radius 1 is 1.32 bits per heavy atom. The quantitative estimate of drug-likeness (QED) is 0.783. The molecule has 2 aliphatic heterocycles. The van der Waals surface area contributed by atoms with Gasteiger partial charge in [0.2, 0.25) is 0 Å². The highest BCUT2D eigenvalue weighted by Crippen LogP contribution is 2.30. The van der Waals surface area contributed by atoms with E-state index in [4.69, 9.17) is 9.47 Å². The number of hydrogen-bond donors (Lipinski definition) is 0. The van der Waals surface area contributed by atoms with Crippen LogP contribution in [0.1, 0.15) is 18.5 Å². The lowest BCUT2D eigenvalue weighted by Crippen LogP contribution is -2.43. The molecule has 0 spiro atoms. The van der Waals surface area contributed by atoms with E-state index in [0.29, 0.717) is 13.2 Å². The second-order valence-electron chi connectivity index (χ2n) is 4.86. The van der Waals surface area contributed by atoms with Crippen LogP contribution in [0.5, 0.6) is 0 Å². The van der Waals surface area contributed by atoms with Crippen LogP contribution in [0.3, 0.4) is 0 Å². The van der Waals surface area contributed by atoms with Crippen molar-refractivity contribution < 1.29 is 14.3 Å². The molecule has 4 heteroatoms. The van der Waals surface area contributed by atoms with Crippen LogP contribution in [0.4, 0.5) is 4.79 Å². The highest BCUT2D eigenvalue weighted by Gasteiger charge is 2.41. The fraction of sp³-hybridized carbons (Fsp3) is 0.400. The maximum absolute atomic E-state index is 12.0. The molecule has 2 aliphatic rings. The zero-order chi connectivity index (χ0) is 13.2. The van der Waals surface area contributed by atoms with Crippen molar-refractivity contribution in [3.63, 3.8) is 0 Å². The van der Waals surface area contributed by atoms with Crippen molar-refractivity contribution in [3.05, 3.63) is 48.0 Å². The summed E-state index contributed by atoms with van der Waals surface area (Å²) in [5.41, 5.74) is 1.10. The minimum absolute atomic E-state index is 0.0150. The molecule has 0 aromatic heterocycles. The van der Waals surface area contributed by atoms with E-state index < -0.39 is 0 Å². The first-order valence-corrected chi connectivity index (χ1v) is 6.55. The lowest BCUT2D eigenvalue weighted by Gasteiger charge is -2.30. The Balaban J connectivity index is 1.84. The molecule has 0 aliphatic carbocycles. The van der Waals surface area contributed by atoms with Gasteiger partial charge in [-0.25, -0.2) is 4.79 Å². The van der Waals surface area contributed by atoms with Crippen molar-refractivity contribution in [1.82, 2.24) is 4.90 Å². The molecule has 3 atom stereocenters. The van der Waals surface area contributed by atoms with Gasteiger partial charge < -0.3 is 9.47 Å². The van der Waals surface area contributed by atoms with Crippen LogP contribution < -0.4 is 0 Å². The number of ether oxygens (including phenoxy) is 2. The summed E-state index contributed by atoms with van der Waals surface area (Å²) in [6.45, 7) is 3.03. The molecule has 4 nitrogen and oxygen atoms in total. The molecular formula is C15H17NO3. The molecule has 1 fully saturated rings. The predicted molar refractivity (Wildman–Crippen MR) is 70.7 cm³/mol. The Morgan fingerprint density at radius 3 is 2.79 bits per heavy atom. The number of rotatable bonds is 3. The van der Waals surface area contributed by atoms with Gasteiger partial charge >= 0.3 is 6.09 Å². The Bertz CT molecular complexity index is 485. The summed E-state index contributed by atoms with van der Waals surface area (Å²) in [7, 11) is 0. The van der Waals surface area contributed by atoms with Crippen molar-refractivity contribution in [2.24, 2.45) is 0 Å². The van der Waals surface area contributed by atoms with E-state index in [1.807, 2.05) is 49.4 Å². The van der Waals surface area contributed by atoms with E-state index in [0.717, 1.165) is 5.56 Å². The monoisotopic (exact) mass is 259 g/mol. The van der Waals surface area contributed by atoms with Crippen LogP contribution in [0.15, 0.2) is 42.5 Å². The molecule has 3 rings (SSSR count). The molecular weight excluding hydrogens is 242 g/mol. The van der Waals surface area contributed by atoms with Gasteiger partial charge in [0.1, 0.15) is 6.61 Å². The van der Waals surface area contributed by atoms with E-state index in [9.17, 15) is 4.79 Å². The second kappa shape index (κ2) is 5.05. The van der Waals surface area contributed by atoms with Gasteiger partial charge in [-0.05, 0) is 12.5 Å². The molecule has 1 aromatic rings. The standard InChI is InChI=1S/C15H17NO3/c1-11(12-6-3-2-4-7-12)16-13(10-19-15(16)17)14-8-5-9-18-14/h2-8,11,13-14H,9-10H2,1H3. The van der Waals surface area contributed by atoms with Crippen LogP contribution in [-0.2, 0) is 9.47 Å². The zero-order valence-corrected chi connectivity index (χ0v) is 10.9. The summed E-state index contributed by atoms with van der Waals surface area (Å²) < 4.78 is 10.8. The Morgan fingerprint density at radius 2 is 2.11 bits per heavy atom. The Kier molecular flexibility index (Phi) is 3.25. The molecule has 100 valence electrons. The maximum Gasteiger partial charge on any atom is 0.410 e. The number of carbonyl (C=O) groups is 1. The molecule has 1 aromatic carbocycles.